The van der Waals surface area contributed by atoms with Crippen LogP contribution in [0.4, 0.5) is 0 Å². The second kappa shape index (κ2) is 9.23. The molecule has 1 aromatic carbocycles. The van der Waals surface area contributed by atoms with E-state index in [-0.39, 0.29) is 0 Å². The topological polar surface area (TPSA) is 60.3 Å². The van der Waals surface area contributed by atoms with Crippen molar-refractivity contribution in [3.63, 3.8) is 0 Å². The van der Waals surface area contributed by atoms with Crippen LogP contribution < -0.4 is 10.6 Å². The van der Waals surface area contributed by atoms with Crippen LogP contribution >= 0.6 is 0 Å². The van der Waals surface area contributed by atoms with Gasteiger partial charge in [-0.1, -0.05) is 68.9 Å². The molecule has 0 atom stereocenters. The minimum atomic E-state index is 0.292. The number of nitrogens with zero attached hydrogens (tertiary/aromatic N) is 1. The molecule has 120 valence electrons. The van der Waals surface area contributed by atoms with E-state index in [1.807, 2.05) is 37.4 Å². The molecule has 4 heteroatoms. The molecule has 0 aromatic heterocycles. The number of benzene rings is 1. The highest BCUT2D eigenvalue weighted by Gasteiger charge is 2.12. The van der Waals surface area contributed by atoms with Crippen molar-refractivity contribution in [3.8, 4) is 0 Å². The Balaban J connectivity index is 1.97. The number of guanidine groups is 1. The molecule has 4 nitrogen and oxygen atoms in total. The fourth-order valence-electron chi connectivity index (χ4n) is 2.90. The van der Waals surface area contributed by atoms with E-state index in [9.17, 15) is 0 Å². The van der Waals surface area contributed by atoms with E-state index in [1.165, 1.54) is 51.4 Å². The summed E-state index contributed by atoms with van der Waals surface area (Å²) in [4.78, 5) is 4.41. The van der Waals surface area contributed by atoms with Crippen molar-refractivity contribution in [1.82, 2.24) is 10.6 Å². The van der Waals surface area contributed by atoms with Crippen LogP contribution in [0.25, 0.3) is 0 Å². The molecule has 3 N–H and O–H groups in total. The molecule has 1 aromatic rings. The number of hydrogen-bond donors (Lipinski definition) is 3. The first-order valence-corrected chi connectivity index (χ1v) is 8.46. The van der Waals surface area contributed by atoms with Crippen molar-refractivity contribution < 1.29 is 0 Å². The second-order valence-corrected chi connectivity index (χ2v) is 5.96. The summed E-state index contributed by atoms with van der Waals surface area (Å²) in [6.07, 6.45) is 10.4. The summed E-state index contributed by atoms with van der Waals surface area (Å²) in [5.41, 5.74) is 0.839. The Kier molecular flexibility index (Phi) is 6.94. The van der Waals surface area contributed by atoms with E-state index in [0.29, 0.717) is 17.8 Å². The third-order valence-electron chi connectivity index (χ3n) is 4.20. The number of hydrogen-bond acceptors (Lipinski definition) is 1. The molecule has 0 amide bonds. The van der Waals surface area contributed by atoms with Crippen molar-refractivity contribution in [2.75, 3.05) is 7.05 Å². The fraction of sp³-hybridized carbons (Fsp3) is 0.556. The lowest BCUT2D eigenvalue weighted by Crippen LogP contribution is -2.42. The first-order valence-electron chi connectivity index (χ1n) is 8.46. The van der Waals surface area contributed by atoms with Crippen molar-refractivity contribution in [2.45, 2.75) is 57.4 Å². The van der Waals surface area contributed by atoms with Crippen LogP contribution in [0.3, 0.4) is 0 Å². The molecular weight excluding hydrogens is 272 g/mol. The van der Waals surface area contributed by atoms with Gasteiger partial charge in [0.05, 0.1) is 0 Å². The van der Waals surface area contributed by atoms with Crippen LogP contribution in [-0.4, -0.2) is 24.9 Å². The minimum absolute atomic E-state index is 0.292. The second-order valence-electron chi connectivity index (χ2n) is 5.96. The normalized spacial score (nSPS) is 18.0. The molecule has 0 saturated heterocycles. The Morgan fingerprint density at radius 3 is 2.18 bits per heavy atom. The molecule has 1 fully saturated rings. The smallest absolute Gasteiger partial charge is 0.197 e. The van der Waals surface area contributed by atoms with Gasteiger partial charge in [-0.05, 0) is 12.8 Å². The molecule has 0 aliphatic heterocycles. The lowest BCUT2D eigenvalue weighted by atomic mass is 10.1. The summed E-state index contributed by atoms with van der Waals surface area (Å²) < 4.78 is 0. The van der Waals surface area contributed by atoms with Gasteiger partial charge in [0.15, 0.2) is 11.8 Å². The number of aliphatic imine (C=N–C) groups is 1. The van der Waals surface area contributed by atoms with Crippen LogP contribution in [0.15, 0.2) is 35.3 Å². The maximum atomic E-state index is 8.13. The monoisotopic (exact) mass is 300 g/mol. The molecule has 0 heterocycles. The lowest BCUT2D eigenvalue weighted by Gasteiger charge is -2.20. The summed E-state index contributed by atoms with van der Waals surface area (Å²) >= 11 is 0. The summed E-state index contributed by atoms with van der Waals surface area (Å²) in [5.74, 6) is 0.999. The molecule has 1 saturated carbocycles. The predicted octanol–water partition coefficient (Wildman–Crippen LogP) is 3.68. The highest BCUT2D eigenvalue weighted by atomic mass is 15.2. The molecule has 1 aliphatic carbocycles. The Labute approximate surface area is 133 Å². The van der Waals surface area contributed by atoms with Gasteiger partial charge in [-0.25, -0.2) is 0 Å². The Hall–Kier alpha value is -1.84. The summed E-state index contributed by atoms with van der Waals surface area (Å²) in [6.45, 7) is 0. The minimum Gasteiger partial charge on any atom is -0.359 e. The standard InChI is InChI=1S/C18H28N4/c1-20-18(22-17(19)15-11-7-6-8-12-15)21-16-13-9-4-2-3-5-10-14-16/h6-8,11-12,16H,2-5,9-10,13-14H2,1H3,(H3,19,20,21,22). The van der Waals surface area contributed by atoms with Crippen LogP contribution in [0.2, 0.25) is 0 Å². The first kappa shape index (κ1) is 16.5. The van der Waals surface area contributed by atoms with Gasteiger partial charge in [0.25, 0.3) is 0 Å². The highest BCUT2D eigenvalue weighted by molar-refractivity contribution is 6.04. The van der Waals surface area contributed by atoms with Gasteiger partial charge in [0.2, 0.25) is 0 Å². The molecule has 22 heavy (non-hydrogen) atoms. The molecule has 1 aliphatic rings. The van der Waals surface area contributed by atoms with Gasteiger partial charge >= 0.3 is 0 Å². The number of amidine groups is 1. The lowest BCUT2D eigenvalue weighted by molar-refractivity contribution is 0.489. The van der Waals surface area contributed by atoms with E-state index in [2.05, 4.69) is 15.6 Å². The molecule has 0 spiro atoms. The van der Waals surface area contributed by atoms with Gasteiger partial charge in [0, 0.05) is 18.7 Å². The number of rotatable bonds is 2. The van der Waals surface area contributed by atoms with Crippen LogP contribution in [0.5, 0.6) is 0 Å². The average molecular weight is 300 g/mol. The largest absolute Gasteiger partial charge is 0.359 e. The third-order valence-corrected chi connectivity index (χ3v) is 4.20. The van der Waals surface area contributed by atoms with Crippen molar-refractivity contribution in [2.24, 2.45) is 4.99 Å². The summed E-state index contributed by atoms with van der Waals surface area (Å²) in [5, 5.41) is 14.7. The molecule has 2 rings (SSSR count). The van der Waals surface area contributed by atoms with Crippen molar-refractivity contribution >= 4 is 11.8 Å². The highest BCUT2D eigenvalue weighted by Crippen LogP contribution is 2.17. The average Bonchev–Trinajstić information content (AvgIpc) is 2.69. The summed E-state index contributed by atoms with van der Waals surface area (Å²) in [6, 6.07) is 10.1. The van der Waals surface area contributed by atoms with Crippen molar-refractivity contribution in [3.05, 3.63) is 35.9 Å². The van der Waals surface area contributed by atoms with Crippen LogP contribution in [0.1, 0.15) is 56.9 Å². The van der Waals surface area contributed by atoms with E-state index in [1.54, 1.807) is 0 Å². The number of nitrogens with one attached hydrogen (secondary N) is 3. The molecule has 0 bridgehead atoms. The Morgan fingerprint density at radius 1 is 1.00 bits per heavy atom. The Bertz CT molecular complexity index is 471. The predicted molar refractivity (Wildman–Crippen MR) is 93.6 cm³/mol. The van der Waals surface area contributed by atoms with Gasteiger partial charge in [-0.3, -0.25) is 5.41 Å². The van der Waals surface area contributed by atoms with Gasteiger partial charge in [-0.15, -0.1) is 0 Å². The molecule has 0 radical (unpaired) electrons. The van der Waals surface area contributed by atoms with Crippen LogP contribution in [0, 0.1) is 5.41 Å². The van der Waals surface area contributed by atoms with E-state index in [0.717, 1.165) is 5.56 Å². The zero-order chi connectivity index (χ0) is 15.6. The summed E-state index contributed by atoms with van der Waals surface area (Å²) in [7, 11) is 1.86. The zero-order valence-electron chi connectivity index (χ0n) is 13.6. The van der Waals surface area contributed by atoms with Crippen LogP contribution in [-0.2, 0) is 0 Å². The first-order chi connectivity index (χ1) is 10.8. The van der Waals surface area contributed by atoms with Gasteiger partial charge in [0.1, 0.15) is 0 Å². The maximum absolute atomic E-state index is 8.13. The van der Waals surface area contributed by atoms with Crippen molar-refractivity contribution in [1.29, 1.82) is 5.41 Å². The van der Waals surface area contributed by atoms with E-state index < -0.39 is 0 Å². The van der Waals surface area contributed by atoms with Gasteiger partial charge < -0.3 is 10.6 Å². The third kappa shape index (κ3) is 5.51. The Morgan fingerprint density at radius 2 is 1.59 bits per heavy atom. The van der Waals surface area contributed by atoms with Gasteiger partial charge in [-0.2, -0.15) is 4.99 Å². The maximum Gasteiger partial charge on any atom is 0.197 e. The van der Waals surface area contributed by atoms with E-state index >= 15 is 0 Å². The fourth-order valence-corrected chi connectivity index (χ4v) is 2.90. The molecular formula is C18H28N4. The molecule has 0 unspecified atom stereocenters. The quantitative estimate of drug-likeness (QED) is 0.576. The SMILES string of the molecule is CN/C(=N/C(=N)c1ccccc1)NC1CCCCCCCC1. The van der Waals surface area contributed by atoms with E-state index in [4.69, 9.17) is 5.41 Å². The zero-order valence-corrected chi connectivity index (χ0v) is 13.6.